The van der Waals surface area contributed by atoms with Crippen molar-refractivity contribution in [3.05, 3.63) is 48.5 Å². The fourth-order valence-electron chi connectivity index (χ4n) is 1.92. The maximum atomic E-state index is 12.2. The molecular weight excluding hydrogens is 216 g/mol. The third kappa shape index (κ3) is 1.81. The van der Waals surface area contributed by atoms with Gasteiger partial charge >= 0.3 is 0 Å². The number of ether oxygens (including phenoxy) is 1. The minimum Gasteiger partial charge on any atom is -0.348 e. The summed E-state index contributed by atoms with van der Waals surface area (Å²) >= 11 is 0. The first-order valence-corrected chi connectivity index (χ1v) is 5.48. The molecule has 1 fully saturated rings. The molecule has 2 aromatic rings. The van der Waals surface area contributed by atoms with E-state index in [9.17, 15) is 4.79 Å². The van der Waals surface area contributed by atoms with Crippen LogP contribution in [0.25, 0.3) is 10.8 Å². The van der Waals surface area contributed by atoms with Crippen molar-refractivity contribution in [2.45, 2.75) is 0 Å². The molecule has 1 saturated heterocycles. The molecule has 3 rings (SSSR count). The van der Waals surface area contributed by atoms with E-state index in [0.29, 0.717) is 25.1 Å². The van der Waals surface area contributed by atoms with E-state index in [4.69, 9.17) is 4.74 Å². The molecule has 17 heavy (non-hydrogen) atoms. The van der Waals surface area contributed by atoms with E-state index in [0.717, 1.165) is 10.8 Å². The summed E-state index contributed by atoms with van der Waals surface area (Å²) < 4.78 is 5.23. The maximum Gasteiger partial charge on any atom is 0.236 e. The summed E-state index contributed by atoms with van der Waals surface area (Å²) in [5.41, 5.74) is 0.438. The fraction of sp³-hybridized carbons (Fsp3) is 0.154. The lowest BCUT2D eigenvalue weighted by molar-refractivity contribution is 0.0844. The average molecular weight is 227 g/mol. The van der Waals surface area contributed by atoms with Gasteiger partial charge in [-0.3, -0.25) is 15.1 Å². The first-order valence-electron chi connectivity index (χ1n) is 5.48. The number of benzene rings is 1. The van der Waals surface area contributed by atoms with Crippen molar-refractivity contribution in [3.8, 4) is 0 Å². The molecule has 0 aliphatic carbocycles. The molecule has 0 unspecified atom stereocenters. The Morgan fingerprint density at radius 3 is 3.00 bits per heavy atom. The van der Waals surface area contributed by atoms with E-state index in [2.05, 4.69) is 10.3 Å². The topological polar surface area (TPSA) is 51.2 Å². The van der Waals surface area contributed by atoms with Crippen molar-refractivity contribution in [2.75, 3.05) is 13.2 Å². The van der Waals surface area contributed by atoms with Crippen molar-refractivity contribution >= 4 is 16.6 Å². The number of hydrogen-bond donors (Lipinski definition) is 1. The maximum absolute atomic E-state index is 12.2. The number of carbonyl (C=O) groups excluding carboxylic acids is 1. The van der Waals surface area contributed by atoms with E-state index in [-0.39, 0.29) is 5.78 Å². The third-order valence-electron chi connectivity index (χ3n) is 2.73. The second-order valence-electron chi connectivity index (χ2n) is 3.81. The Bertz CT molecular complexity index is 557. The Morgan fingerprint density at radius 1 is 1.29 bits per heavy atom. The highest BCUT2D eigenvalue weighted by Crippen LogP contribution is 2.20. The SMILES string of the molecule is O=C([C]1NCCO1)c1nccc2ccccc12. The number of rotatable bonds is 2. The van der Waals surface area contributed by atoms with E-state index in [1.807, 2.05) is 30.3 Å². The van der Waals surface area contributed by atoms with Gasteiger partial charge < -0.3 is 4.74 Å². The summed E-state index contributed by atoms with van der Waals surface area (Å²) in [5.74, 6) is -0.181. The summed E-state index contributed by atoms with van der Waals surface area (Å²) in [6.45, 7) is 1.21. The number of hydrogen-bond acceptors (Lipinski definition) is 4. The largest absolute Gasteiger partial charge is 0.348 e. The third-order valence-corrected chi connectivity index (χ3v) is 2.73. The molecule has 1 aliphatic heterocycles. The van der Waals surface area contributed by atoms with Gasteiger partial charge in [-0.25, -0.2) is 0 Å². The summed E-state index contributed by atoms with van der Waals surface area (Å²) in [6, 6.07) is 9.58. The Kier molecular flexibility index (Phi) is 2.59. The van der Waals surface area contributed by atoms with E-state index < -0.39 is 0 Å². The number of Topliss-reactive ketones (excluding diaryl/α,β-unsaturated/α-hetero) is 1. The molecule has 1 aromatic carbocycles. The summed E-state index contributed by atoms with van der Waals surface area (Å²) in [4.78, 5) is 16.3. The Hall–Kier alpha value is -1.78. The van der Waals surface area contributed by atoms with Crippen LogP contribution in [0.5, 0.6) is 0 Å². The van der Waals surface area contributed by atoms with Crippen molar-refractivity contribution < 1.29 is 9.53 Å². The number of aromatic nitrogens is 1. The van der Waals surface area contributed by atoms with Gasteiger partial charge in [0.15, 0.2) is 0 Å². The van der Waals surface area contributed by atoms with Gasteiger partial charge in [-0.2, -0.15) is 0 Å². The van der Waals surface area contributed by atoms with Crippen LogP contribution in [0, 0.1) is 6.23 Å². The van der Waals surface area contributed by atoms with Gasteiger partial charge in [-0.1, -0.05) is 24.3 Å². The minimum absolute atomic E-state index is 0.181. The van der Waals surface area contributed by atoms with Crippen molar-refractivity contribution in [2.24, 2.45) is 0 Å². The highest BCUT2D eigenvalue weighted by molar-refractivity contribution is 6.11. The Labute approximate surface area is 98.6 Å². The number of pyridine rings is 1. The van der Waals surface area contributed by atoms with Gasteiger partial charge in [-0.15, -0.1) is 0 Å². The molecule has 0 amide bonds. The normalized spacial score (nSPS) is 16.5. The van der Waals surface area contributed by atoms with Crippen LogP contribution in [0.4, 0.5) is 0 Å². The van der Waals surface area contributed by atoms with Crippen LogP contribution in [0.15, 0.2) is 36.5 Å². The number of fused-ring (bicyclic) bond motifs is 1. The summed E-state index contributed by atoms with van der Waals surface area (Å²) in [6.07, 6.45) is 1.94. The van der Waals surface area contributed by atoms with Crippen LogP contribution in [0.2, 0.25) is 0 Å². The van der Waals surface area contributed by atoms with Crippen LogP contribution in [0.3, 0.4) is 0 Å². The Morgan fingerprint density at radius 2 is 2.18 bits per heavy atom. The van der Waals surface area contributed by atoms with E-state index >= 15 is 0 Å². The molecule has 4 nitrogen and oxygen atoms in total. The second-order valence-corrected chi connectivity index (χ2v) is 3.81. The van der Waals surface area contributed by atoms with Crippen LogP contribution in [0.1, 0.15) is 10.5 Å². The smallest absolute Gasteiger partial charge is 0.236 e. The lowest BCUT2D eigenvalue weighted by Crippen LogP contribution is -2.24. The molecule has 1 N–H and O–H groups in total. The highest BCUT2D eigenvalue weighted by atomic mass is 16.5. The molecule has 4 heteroatoms. The first kappa shape index (κ1) is 10.4. The molecular formula is C13H11N2O2. The van der Waals surface area contributed by atoms with E-state index in [1.54, 1.807) is 6.20 Å². The average Bonchev–Trinajstić information content (AvgIpc) is 2.91. The number of nitrogens with zero attached hydrogens (tertiary/aromatic N) is 1. The fourth-order valence-corrected chi connectivity index (χ4v) is 1.92. The predicted molar refractivity (Wildman–Crippen MR) is 63.3 cm³/mol. The van der Waals surface area contributed by atoms with Gasteiger partial charge in [0.05, 0.1) is 6.61 Å². The zero-order chi connectivity index (χ0) is 11.7. The van der Waals surface area contributed by atoms with Gasteiger partial charge in [0.25, 0.3) is 0 Å². The van der Waals surface area contributed by atoms with E-state index in [1.165, 1.54) is 0 Å². The van der Waals surface area contributed by atoms with Crippen LogP contribution in [-0.4, -0.2) is 23.9 Å². The molecule has 0 saturated carbocycles. The molecule has 0 atom stereocenters. The van der Waals surface area contributed by atoms with Crippen molar-refractivity contribution in [1.82, 2.24) is 10.3 Å². The molecule has 2 heterocycles. The first-order chi connectivity index (χ1) is 8.36. The van der Waals surface area contributed by atoms with Gasteiger partial charge in [0.1, 0.15) is 5.69 Å². The zero-order valence-corrected chi connectivity index (χ0v) is 9.14. The number of nitrogens with one attached hydrogen (secondary N) is 1. The highest BCUT2D eigenvalue weighted by Gasteiger charge is 2.28. The Balaban J connectivity index is 2.07. The molecule has 0 spiro atoms. The quantitative estimate of drug-likeness (QED) is 0.790. The standard InChI is InChI=1S/C13H11N2O2/c16-12(13-15-7-8-17-13)11-10-4-2-1-3-9(10)5-6-14-11/h1-6,15H,7-8H2. The zero-order valence-electron chi connectivity index (χ0n) is 9.14. The van der Waals surface area contributed by atoms with Crippen LogP contribution >= 0.6 is 0 Å². The van der Waals surface area contributed by atoms with Gasteiger partial charge in [0.2, 0.25) is 12.0 Å². The number of ketones is 1. The van der Waals surface area contributed by atoms with Crippen LogP contribution < -0.4 is 5.32 Å². The van der Waals surface area contributed by atoms with Crippen molar-refractivity contribution in [1.29, 1.82) is 0 Å². The molecule has 85 valence electrons. The number of carbonyl (C=O) groups is 1. The van der Waals surface area contributed by atoms with Crippen molar-refractivity contribution in [3.63, 3.8) is 0 Å². The lowest BCUT2D eigenvalue weighted by Gasteiger charge is -2.08. The molecule has 0 bridgehead atoms. The summed E-state index contributed by atoms with van der Waals surface area (Å²) in [5, 5.41) is 4.78. The van der Waals surface area contributed by atoms with Crippen LogP contribution in [-0.2, 0) is 4.74 Å². The predicted octanol–water partition coefficient (Wildman–Crippen LogP) is 1.53. The lowest BCUT2D eigenvalue weighted by atomic mass is 10.1. The molecule has 1 aromatic heterocycles. The molecule has 1 aliphatic rings. The monoisotopic (exact) mass is 227 g/mol. The van der Waals surface area contributed by atoms with Gasteiger partial charge in [-0.05, 0) is 11.5 Å². The summed E-state index contributed by atoms with van der Waals surface area (Å²) in [7, 11) is 0. The minimum atomic E-state index is -0.181. The van der Waals surface area contributed by atoms with Gasteiger partial charge in [0, 0.05) is 18.1 Å². The molecule has 1 radical (unpaired) electrons. The second kappa shape index (κ2) is 4.24.